The van der Waals surface area contributed by atoms with Gasteiger partial charge in [0, 0.05) is 10.7 Å². The van der Waals surface area contributed by atoms with Gasteiger partial charge < -0.3 is 10.1 Å². The molecule has 23 heavy (non-hydrogen) atoms. The van der Waals surface area contributed by atoms with Crippen LogP contribution in [-0.2, 0) is 4.79 Å². The van der Waals surface area contributed by atoms with Crippen molar-refractivity contribution in [3.63, 3.8) is 0 Å². The summed E-state index contributed by atoms with van der Waals surface area (Å²) in [6, 6.07) is 11.4. The van der Waals surface area contributed by atoms with Crippen LogP contribution in [0.3, 0.4) is 0 Å². The average Bonchev–Trinajstić information content (AvgIpc) is 2.52. The maximum Gasteiger partial charge on any atom is 0.265 e. The molecular weight excluding hydrogens is 310 g/mol. The lowest BCUT2D eigenvalue weighted by atomic mass is 10.1. The number of hydrogen-bond donors (Lipinski definition) is 1. The van der Waals surface area contributed by atoms with E-state index >= 15 is 0 Å². The van der Waals surface area contributed by atoms with Gasteiger partial charge in [-0.1, -0.05) is 36.7 Å². The number of benzene rings is 2. The predicted molar refractivity (Wildman–Crippen MR) is 95.4 cm³/mol. The molecule has 0 heterocycles. The second-order valence-electron chi connectivity index (χ2n) is 5.69. The first kappa shape index (κ1) is 17.4. The topological polar surface area (TPSA) is 38.3 Å². The van der Waals surface area contributed by atoms with E-state index in [1.54, 1.807) is 6.07 Å². The quantitative estimate of drug-likeness (QED) is 0.831. The van der Waals surface area contributed by atoms with Gasteiger partial charge in [0.05, 0.1) is 0 Å². The minimum absolute atomic E-state index is 0.168. The van der Waals surface area contributed by atoms with Gasteiger partial charge in [-0.25, -0.2) is 0 Å². The highest BCUT2D eigenvalue weighted by Gasteiger charge is 2.20. The van der Waals surface area contributed by atoms with E-state index in [0.29, 0.717) is 17.1 Å². The van der Waals surface area contributed by atoms with Crippen molar-refractivity contribution < 1.29 is 9.53 Å². The molecule has 0 aliphatic rings. The zero-order chi connectivity index (χ0) is 17.0. The highest BCUT2D eigenvalue weighted by Crippen LogP contribution is 2.25. The SMILES string of the molecule is CCC(Oc1cc(C)ccc1C)C(=O)Nc1cccc(Cl)c1C. The molecule has 0 fully saturated rings. The molecule has 3 nitrogen and oxygen atoms in total. The van der Waals surface area contributed by atoms with Crippen LogP contribution in [0, 0.1) is 20.8 Å². The third-order valence-corrected chi connectivity index (χ3v) is 4.21. The van der Waals surface area contributed by atoms with E-state index in [0.717, 1.165) is 22.4 Å². The normalized spacial score (nSPS) is 11.9. The van der Waals surface area contributed by atoms with Crippen molar-refractivity contribution in [1.29, 1.82) is 0 Å². The van der Waals surface area contributed by atoms with Crippen molar-refractivity contribution in [2.24, 2.45) is 0 Å². The summed E-state index contributed by atoms with van der Waals surface area (Å²) in [6.07, 6.45) is 0.0348. The largest absolute Gasteiger partial charge is 0.480 e. The number of anilines is 1. The summed E-state index contributed by atoms with van der Waals surface area (Å²) in [7, 11) is 0. The van der Waals surface area contributed by atoms with Crippen LogP contribution < -0.4 is 10.1 Å². The molecule has 0 saturated heterocycles. The lowest BCUT2D eigenvalue weighted by Crippen LogP contribution is -2.32. The standard InChI is InChI=1S/C19H22ClNO2/c1-5-17(23-18-11-12(2)9-10-13(18)3)19(22)21-16-8-6-7-15(20)14(16)4/h6-11,17H,5H2,1-4H3,(H,21,22). The van der Waals surface area contributed by atoms with Gasteiger partial charge in [-0.2, -0.15) is 0 Å². The van der Waals surface area contributed by atoms with Crippen molar-refractivity contribution in [2.45, 2.75) is 40.2 Å². The third kappa shape index (κ3) is 4.26. The predicted octanol–water partition coefficient (Wildman–Crippen LogP) is 5.06. The summed E-state index contributed by atoms with van der Waals surface area (Å²) >= 11 is 6.10. The molecule has 0 bridgehead atoms. The minimum Gasteiger partial charge on any atom is -0.480 e. The summed E-state index contributed by atoms with van der Waals surface area (Å²) in [6.45, 7) is 7.79. The van der Waals surface area contributed by atoms with Crippen LogP contribution in [0.2, 0.25) is 5.02 Å². The number of rotatable bonds is 5. The highest BCUT2D eigenvalue weighted by molar-refractivity contribution is 6.31. The lowest BCUT2D eigenvalue weighted by molar-refractivity contribution is -0.122. The van der Waals surface area contributed by atoms with Gasteiger partial charge >= 0.3 is 0 Å². The molecule has 0 radical (unpaired) electrons. The Balaban J connectivity index is 2.15. The fourth-order valence-corrected chi connectivity index (χ4v) is 2.44. The Hall–Kier alpha value is -2.00. The van der Waals surface area contributed by atoms with E-state index in [1.807, 2.05) is 58.0 Å². The molecular formula is C19H22ClNO2. The molecule has 0 aliphatic heterocycles. The Kier molecular flexibility index (Phi) is 5.67. The molecule has 1 atom stereocenters. The van der Waals surface area contributed by atoms with E-state index in [2.05, 4.69) is 5.32 Å². The second kappa shape index (κ2) is 7.51. The molecule has 1 unspecified atom stereocenters. The van der Waals surface area contributed by atoms with Crippen molar-refractivity contribution in [2.75, 3.05) is 5.32 Å². The van der Waals surface area contributed by atoms with Crippen LogP contribution in [0.5, 0.6) is 5.75 Å². The third-order valence-electron chi connectivity index (χ3n) is 3.80. The number of aryl methyl sites for hydroxylation is 2. The minimum atomic E-state index is -0.547. The van der Waals surface area contributed by atoms with Gasteiger partial charge in [0.1, 0.15) is 5.75 Å². The van der Waals surface area contributed by atoms with Crippen molar-refractivity contribution in [3.05, 3.63) is 58.1 Å². The molecule has 0 spiro atoms. The summed E-state index contributed by atoms with van der Waals surface area (Å²) in [5.41, 5.74) is 3.68. The molecule has 4 heteroatoms. The van der Waals surface area contributed by atoms with E-state index in [-0.39, 0.29) is 5.91 Å². The summed E-state index contributed by atoms with van der Waals surface area (Å²) in [4.78, 5) is 12.5. The maximum atomic E-state index is 12.5. The second-order valence-corrected chi connectivity index (χ2v) is 6.09. The van der Waals surface area contributed by atoms with Gasteiger partial charge in [-0.3, -0.25) is 4.79 Å². The molecule has 2 aromatic carbocycles. The fraction of sp³-hybridized carbons (Fsp3) is 0.316. The van der Waals surface area contributed by atoms with E-state index in [1.165, 1.54) is 0 Å². The van der Waals surface area contributed by atoms with E-state index < -0.39 is 6.10 Å². The van der Waals surface area contributed by atoms with Gasteiger partial charge in [-0.15, -0.1) is 0 Å². The Labute approximate surface area is 142 Å². The van der Waals surface area contributed by atoms with Crippen LogP contribution in [-0.4, -0.2) is 12.0 Å². The number of ether oxygens (including phenoxy) is 1. The number of halogens is 1. The van der Waals surface area contributed by atoms with Crippen molar-refractivity contribution in [3.8, 4) is 5.75 Å². The molecule has 2 aromatic rings. The Morgan fingerprint density at radius 3 is 2.65 bits per heavy atom. The number of amides is 1. The number of carbonyl (C=O) groups is 1. The number of hydrogen-bond acceptors (Lipinski definition) is 2. The first-order valence-electron chi connectivity index (χ1n) is 7.72. The molecule has 122 valence electrons. The van der Waals surface area contributed by atoms with Crippen molar-refractivity contribution >= 4 is 23.2 Å². The monoisotopic (exact) mass is 331 g/mol. The van der Waals surface area contributed by atoms with Crippen LogP contribution in [0.25, 0.3) is 0 Å². The zero-order valence-corrected chi connectivity index (χ0v) is 14.7. The first-order valence-corrected chi connectivity index (χ1v) is 8.10. The fourth-order valence-electron chi connectivity index (χ4n) is 2.27. The molecule has 1 amide bonds. The van der Waals surface area contributed by atoms with Crippen LogP contribution in [0.1, 0.15) is 30.0 Å². The van der Waals surface area contributed by atoms with Crippen LogP contribution >= 0.6 is 11.6 Å². The molecule has 1 N–H and O–H groups in total. The first-order chi connectivity index (χ1) is 10.9. The Morgan fingerprint density at radius 2 is 1.96 bits per heavy atom. The summed E-state index contributed by atoms with van der Waals surface area (Å²) < 4.78 is 5.93. The Bertz CT molecular complexity index is 713. The van der Waals surface area contributed by atoms with E-state index in [9.17, 15) is 4.79 Å². The average molecular weight is 332 g/mol. The number of nitrogens with one attached hydrogen (secondary N) is 1. The molecule has 2 rings (SSSR count). The summed E-state index contributed by atoms with van der Waals surface area (Å²) in [5, 5.41) is 3.54. The molecule has 0 saturated carbocycles. The molecule has 0 aliphatic carbocycles. The van der Waals surface area contributed by atoms with Crippen LogP contribution in [0.4, 0.5) is 5.69 Å². The maximum absolute atomic E-state index is 12.5. The van der Waals surface area contributed by atoms with Gasteiger partial charge in [0.2, 0.25) is 0 Å². The van der Waals surface area contributed by atoms with Crippen molar-refractivity contribution in [1.82, 2.24) is 0 Å². The molecule has 0 aromatic heterocycles. The lowest BCUT2D eigenvalue weighted by Gasteiger charge is -2.19. The van der Waals surface area contributed by atoms with Crippen LogP contribution in [0.15, 0.2) is 36.4 Å². The number of carbonyl (C=O) groups excluding carboxylic acids is 1. The van der Waals surface area contributed by atoms with Gasteiger partial charge in [0.25, 0.3) is 5.91 Å². The highest BCUT2D eigenvalue weighted by atomic mass is 35.5. The van der Waals surface area contributed by atoms with E-state index in [4.69, 9.17) is 16.3 Å². The Morgan fingerprint density at radius 1 is 1.22 bits per heavy atom. The zero-order valence-electron chi connectivity index (χ0n) is 13.9. The van der Waals surface area contributed by atoms with Gasteiger partial charge in [0.15, 0.2) is 6.10 Å². The summed E-state index contributed by atoms with van der Waals surface area (Å²) in [5.74, 6) is 0.577. The smallest absolute Gasteiger partial charge is 0.265 e. The van der Waals surface area contributed by atoms with Gasteiger partial charge in [-0.05, 0) is 62.1 Å².